The largest absolute Gasteiger partial charge is 0.481 e. The van der Waals surface area contributed by atoms with Crippen LogP contribution in [0.25, 0.3) is 0 Å². The molecule has 1 N–H and O–H groups in total. The van der Waals surface area contributed by atoms with Gasteiger partial charge in [-0.2, -0.15) is 5.26 Å². The van der Waals surface area contributed by atoms with E-state index in [4.69, 9.17) is 10.4 Å². The quantitative estimate of drug-likeness (QED) is 0.605. The molecule has 0 spiro atoms. The molecule has 1 rings (SSSR count). The number of nitrogens with zero attached hydrogens (tertiary/aromatic N) is 1. The number of rotatable bonds is 1. The summed E-state index contributed by atoms with van der Waals surface area (Å²) >= 11 is 0. The molecule has 1 aliphatic rings. The first-order valence-electron chi connectivity index (χ1n) is 4.38. The highest BCUT2D eigenvalue weighted by molar-refractivity contribution is 5.70. The van der Waals surface area contributed by atoms with Gasteiger partial charge in [-0.05, 0) is 12.8 Å². The third-order valence-corrected chi connectivity index (χ3v) is 2.50. The van der Waals surface area contributed by atoms with E-state index >= 15 is 0 Å². The fourth-order valence-electron chi connectivity index (χ4n) is 1.76. The first-order valence-corrected chi connectivity index (χ1v) is 4.38. The molecule has 0 aliphatic heterocycles. The molecule has 0 bridgehead atoms. The van der Waals surface area contributed by atoms with Crippen LogP contribution in [-0.2, 0) is 4.79 Å². The third kappa shape index (κ3) is 1.97. The average molecular weight is 167 g/mol. The van der Waals surface area contributed by atoms with Gasteiger partial charge in [-0.15, -0.1) is 0 Å². The van der Waals surface area contributed by atoms with Crippen LogP contribution in [0.2, 0.25) is 0 Å². The molecule has 0 amide bonds. The van der Waals surface area contributed by atoms with Crippen molar-refractivity contribution in [2.24, 2.45) is 11.8 Å². The molecular formula is C9H13NO2. The van der Waals surface area contributed by atoms with Crippen molar-refractivity contribution in [3.05, 3.63) is 0 Å². The second-order valence-corrected chi connectivity index (χ2v) is 3.32. The van der Waals surface area contributed by atoms with Gasteiger partial charge in [-0.3, -0.25) is 4.79 Å². The summed E-state index contributed by atoms with van der Waals surface area (Å²) < 4.78 is 0. The maximum atomic E-state index is 10.7. The summed E-state index contributed by atoms with van der Waals surface area (Å²) in [6.07, 6.45) is 4.46. The van der Waals surface area contributed by atoms with Crippen LogP contribution < -0.4 is 0 Å². The Morgan fingerprint density at radius 2 is 2.00 bits per heavy atom. The Hall–Kier alpha value is -1.04. The molecule has 66 valence electrons. The van der Waals surface area contributed by atoms with Gasteiger partial charge in [0, 0.05) is 0 Å². The molecule has 0 heterocycles. The predicted octanol–water partition coefficient (Wildman–Crippen LogP) is 1.79. The van der Waals surface area contributed by atoms with E-state index in [9.17, 15) is 4.79 Å². The van der Waals surface area contributed by atoms with Gasteiger partial charge in [0.15, 0.2) is 0 Å². The highest BCUT2D eigenvalue weighted by Crippen LogP contribution is 2.28. The number of carboxylic acid groups (broad SMARTS) is 1. The topological polar surface area (TPSA) is 61.1 Å². The lowest BCUT2D eigenvalue weighted by Crippen LogP contribution is -2.21. The summed E-state index contributed by atoms with van der Waals surface area (Å²) in [6.45, 7) is 0. The van der Waals surface area contributed by atoms with Crippen molar-refractivity contribution in [3.8, 4) is 6.07 Å². The normalized spacial score (nSPS) is 30.2. The Labute approximate surface area is 72.0 Å². The minimum atomic E-state index is -0.802. The third-order valence-electron chi connectivity index (χ3n) is 2.50. The zero-order valence-corrected chi connectivity index (χ0v) is 6.99. The smallest absolute Gasteiger partial charge is 0.307 e. The fourth-order valence-corrected chi connectivity index (χ4v) is 1.76. The van der Waals surface area contributed by atoms with Crippen LogP contribution in [0.4, 0.5) is 0 Å². The molecule has 0 aromatic heterocycles. The SMILES string of the molecule is N#CC1CCCCCC1C(=O)O. The summed E-state index contributed by atoms with van der Waals surface area (Å²) in [6, 6.07) is 2.09. The molecule has 3 nitrogen and oxygen atoms in total. The summed E-state index contributed by atoms with van der Waals surface area (Å²) in [7, 11) is 0. The maximum Gasteiger partial charge on any atom is 0.307 e. The van der Waals surface area contributed by atoms with E-state index in [2.05, 4.69) is 6.07 Å². The summed E-state index contributed by atoms with van der Waals surface area (Å²) in [5.41, 5.74) is 0. The zero-order chi connectivity index (χ0) is 8.97. The van der Waals surface area contributed by atoms with E-state index in [1.807, 2.05) is 0 Å². The molecule has 2 atom stereocenters. The van der Waals surface area contributed by atoms with Gasteiger partial charge >= 0.3 is 5.97 Å². The first kappa shape index (κ1) is 9.05. The Morgan fingerprint density at radius 3 is 2.58 bits per heavy atom. The van der Waals surface area contributed by atoms with Crippen LogP contribution in [0.3, 0.4) is 0 Å². The summed E-state index contributed by atoms with van der Waals surface area (Å²) in [4.78, 5) is 10.7. The van der Waals surface area contributed by atoms with Crippen molar-refractivity contribution in [2.75, 3.05) is 0 Å². The van der Waals surface area contributed by atoms with Crippen LogP contribution in [0.5, 0.6) is 0 Å². The van der Waals surface area contributed by atoms with Gasteiger partial charge in [0.1, 0.15) is 0 Å². The highest BCUT2D eigenvalue weighted by atomic mass is 16.4. The van der Waals surface area contributed by atoms with E-state index < -0.39 is 11.9 Å². The predicted molar refractivity (Wildman–Crippen MR) is 43.3 cm³/mol. The van der Waals surface area contributed by atoms with Crippen molar-refractivity contribution in [1.82, 2.24) is 0 Å². The van der Waals surface area contributed by atoms with E-state index in [0.717, 1.165) is 25.7 Å². The lowest BCUT2D eigenvalue weighted by atomic mass is 9.89. The number of aliphatic carboxylic acids is 1. The fraction of sp³-hybridized carbons (Fsp3) is 0.778. The van der Waals surface area contributed by atoms with Crippen molar-refractivity contribution >= 4 is 5.97 Å². The van der Waals surface area contributed by atoms with Gasteiger partial charge in [0.25, 0.3) is 0 Å². The van der Waals surface area contributed by atoms with Crippen LogP contribution in [0.1, 0.15) is 32.1 Å². The second-order valence-electron chi connectivity index (χ2n) is 3.32. The van der Waals surface area contributed by atoms with Crippen LogP contribution in [0, 0.1) is 23.2 Å². The lowest BCUT2D eigenvalue weighted by Gasteiger charge is -2.13. The van der Waals surface area contributed by atoms with Crippen LogP contribution >= 0.6 is 0 Å². The van der Waals surface area contributed by atoms with E-state index in [1.54, 1.807) is 0 Å². The first-order chi connectivity index (χ1) is 5.75. The molecule has 1 saturated carbocycles. The molecular weight excluding hydrogens is 154 g/mol. The molecule has 0 aromatic carbocycles. The average Bonchev–Trinajstić information content (AvgIpc) is 2.27. The van der Waals surface area contributed by atoms with Crippen molar-refractivity contribution < 1.29 is 9.90 Å². The Kier molecular flexibility index (Phi) is 3.09. The number of nitriles is 1. The number of carbonyl (C=O) groups is 1. The van der Waals surface area contributed by atoms with Crippen molar-refractivity contribution in [2.45, 2.75) is 32.1 Å². The number of hydrogen-bond donors (Lipinski definition) is 1. The molecule has 1 aliphatic carbocycles. The molecule has 1 fully saturated rings. The lowest BCUT2D eigenvalue weighted by molar-refractivity contribution is -0.143. The zero-order valence-electron chi connectivity index (χ0n) is 6.99. The number of carboxylic acids is 1. The molecule has 0 saturated heterocycles. The molecule has 12 heavy (non-hydrogen) atoms. The Balaban J connectivity index is 2.65. The molecule has 0 aromatic rings. The minimum absolute atomic E-state index is 0.259. The van der Waals surface area contributed by atoms with Crippen molar-refractivity contribution in [1.29, 1.82) is 5.26 Å². The molecule has 0 radical (unpaired) electrons. The van der Waals surface area contributed by atoms with Crippen LogP contribution in [0.15, 0.2) is 0 Å². The Morgan fingerprint density at radius 1 is 1.33 bits per heavy atom. The molecule has 2 unspecified atom stereocenters. The van der Waals surface area contributed by atoms with Gasteiger partial charge in [0.2, 0.25) is 0 Å². The van der Waals surface area contributed by atoms with E-state index in [1.165, 1.54) is 0 Å². The monoisotopic (exact) mass is 167 g/mol. The molecule has 3 heteroatoms. The van der Waals surface area contributed by atoms with Crippen LogP contribution in [-0.4, -0.2) is 11.1 Å². The van der Waals surface area contributed by atoms with Gasteiger partial charge in [-0.1, -0.05) is 19.3 Å². The summed E-state index contributed by atoms with van der Waals surface area (Å²) in [5.74, 6) is -1.48. The van der Waals surface area contributed by atoms with E-state index in [0.29, 0.717) is 6.42 Å². The van der Waals surface area contributed by atoms with Crippen molar-refractivity contribution in [3.63, 3.8) is 0 Å². The Bertz CT molecular complexity index is 207. The second kappa shape index (κ2) is 4.10. The van der Waals surface area contributed by atoms with Gasteiger partial charge in [0.05, 0.1) is 17.9 Å². The standard InChI is InChI=1S/C9H13NO2/c10-6-7-4-2-1-3-5-8(7)9(11)12/h7-8H,1-5H2,(H,11,12). The highest BCUT2D eigenvalue weighted by Gasteiger charge is 2.28. The minimum Gasteiger partial charge on any atom is -0.481 e. The summed E-state index contributed by atoms with van der Waals surface area (Å²) in [5, 5.41) is 17.5. The van der Waals surface area contributed by atoms with Gasteiger partial charge in [-0.25, -0.2) is 0 Å². The maximum absolute atomic E-state index is 10.7. The van der Waals surface area contributed by atoms with E-state index in [-0.39, 0.29) is 5.92 Å². The number of hydrogen-bond acceptors (Lipinski definition) is 2. The van der Waals surface area contributed by atoms with Gasteiger partial charge < -0.3 is 5.11 Å².